The second kappa shape index (κ2) is 12.2. The number of aromatic carboxylic acids is 1. The molecule has 0 atom stereocenters. The van der Waals surface area contributed by atoms with E-state index in [1.165, 1.54) is 4.90 Å². The van der Waals surface area contributed by atoms with Gasteiger partial charge in [0.15, 0.2) is 23.3 Å². The monoisotopic (exact) mass is 625 g/mol. The minimum Gasteiger partial charge on any atom is -0.477 e. The lowest BCUT2D eigenvalue weighted by Crippen LogP contribution is -2.33. The molecule has 4 rings (SSSR count). The largest absolute Gasteiger partial charge is 0.490 e. The van der Waals surface area contributed by atoms with Gasteiger partial charge in [-0.15, -0.1) is 0 Å². The first-order valence-corrected chi connectivity index (χ1v) is 11.9. The van der Waals surface area contributed by atoms with E-state index in [0.717, 1.165) is 16.8 Å². The lowest BCUT2D eigenvalue weighted by molar-refractivity contribution is -0.192. The van der Waals surface area contributed by atoms with Crippen LogP contribution in [-0.4, -0.2) is 57.5 Å². The van der Waals surface area contributed by atoms with Gasteiger partial charge < -0.3 is 26.6 Å². The van der Waals surface area contributed by atoms with Crippen molar-refractivity contribution < 1.29 is 50.5 Å². The van der Waals surface area contributed by atoms with Gasteiger partial charge in [0.1, 0.15) is 17.2 Å². The standard InChI is InChI=1S/C22H18ClF4N5O3.C2HF3O2/c23-16-17-10(4-12(24)18(16)31-3-1-2-9(7-31)15(27)6-28)19(33)11(22(34)35)8-32(17)21-14(26)5-13(25)20(29)30-21;3-2(4,5)1(6)7/h4-5,8H,1-3,6-7,28H2,(H2,29,30)(H,34,35);(H,6,7). The average molecular weight is 626 g/mol. The molecule has 0 amide bonds. The van der Waals surface area contributed by atoms with E-state index < -0.39 is 69.4 Å². The van der Waals surface area contributed by atoms with Crippen molar-refractivity contribution in [1.29, 1.82) is 0 Å². The Morgan fingerprint density at radius 2 is 1.71 bits per heavy atom. The molecule has 0 unspecified atom stereocenters. The fraction of sp³-hybridized carbons (Fsp3) is 0.250. The Bertz CT molecular complexity index is 1680. The molecular weight excluding hydrogens is 607 g/mol. The highest BCUT2D eigenvalue weighted by Crippen LogP contribution is 2.39. The van der Waals surface area contributed by atoms with Crippen LogP contribution in [0.4, 0.5) is 42.2 Å². The molecule has 6 N–H and O–H groups in total. The van der Waals surface area contributed by atoms with Gasteiger partial charge >= 0.3 is 18.1 Å². The molecule has 3 heterocycles. The lowest BCUT2D eigenvalue weighted by Gasteiger charge is -2.32. The zero-order valence-corrected chi connectivity index (χ0v) is 21.7. The van der Waals surface area contributed by atoms with Crippen LogP contribution in [0.15, 0.2) is 34.5 Å². The number of hydrogen-bond donors (Lipinski definition) is 4. The van der Waals surface area contributed by atoms with Crippen molar-refractivity contribution in [3.8, 4) is 5.82 Å². The number of nitrogen functional groups attached to an aromatic ring is 1. The second-order valence-electron chi connectivity index (χ2n) is 8.67. The number of hydrogen-bond acceptors (Lipinski definition) is 7. The van der Waals surface area contributed by atoms with Gasteiger partial charge in [0.05, 0.1) is 21.6 Å². The van der Waals surface area contributed by atoms with Crippen molar-refractivity contribution in [2.24, 2.45) is 5.73 Å². The third-order valence-electron chi connectivity index (χ3n) is 5.96. The topological polar surface area (TPSA) is 165 Å². The van der Waals surface area contributed by atoms with Crippen molar-refractivity contribution in [2.45, 2.75) is 19.0 Å². The summed E-state index contributed by atoms with van der Waals surface area (Å²) in [4.78, 5) is 38.5. The molecule has 3 aromatic rings. The molecule has 0 saturated carbocycles. The molecule has 1 aromatic carbocycles. The zero-order valence-electron chi connectivity index (χ0n) is 20.9. The quantitative estimate of drug-likeness (QED) is 0.312. The molecule has 226 valence electrons. The third-order valence-corrected chi connectivity index (χ3v) is 6.32. The fourth-order valence-electron chi connectivity index (χ4n) is 4.08. The summed E-state index contributed by atoms with van der Waals surface area (Å²) in [5.74, 6) is -9.72. The van der Waals surface area contributed by atoms with Crippen molar-refractivity contribution in [2.75, 3.05) is 30.3 Å². The van der Waals surface area contributed by atoms with Crippen LogP contribution < -0.4 is 21.8 Å². The second-order valence-corrected chi connectivity index (χ2v) is 9.04. The summed E-state index contributed by atoms with van der Waals surface area (Å²) in [6.07, 6.45) is -3.48. The van der Waals surface area contributed by atoms with Crippen LogP contribution in [0.3, 0.4) is 0 Å². The summed E-state index contributed by atoms with van der Waals surface area (Å²) in [5, 5.41) is 15.7. The number of nitrogens with two attached hydrogens (primary N) is 2. The summed E-state index contributed by atoms with van der Waals surface area (Å²) < 4.78 is 90.4. The summed E-state index contributed by atoms with van der Waals surface area (Å²) in [5.41, 5.74) is 8.78. The van der Waals surface area contributed by atoms with Gasteiger partial charge in [-0.2, -0.15) is 13.2 Å². The maximum absolute atomic E-state index is 15.3. The molecule has 1 saturated heterocycles. The Morgan fingerprint density at radius 1 is 1.10 bits per heavy atom. The van der Waals surface area contributed by atoms with Gasteiger partial charge in [-0.25, -0.2) is 32.1 Å². The number of rotatable bonds is 4. The Labute approximate surface area is 235 Å². The highest BCUT2D eigenvalue weighted by atomic mass is 35.5. The van der Waals surface area contributed by atoms with Crippen molar-refractivity contribution in [3.05, 3.63) is 68.0 Å². The molecule has 1 aliphatic heterocycles. The highest BCUT2D eigenvalue weighted by Gasteiger charge is 2.38. The predicted molar refractivity (Wildman–Crippen MR) is 136 cm³/mol. The van der Waals surface area contributed by atoms with Crippen LogP contribution in [0.2, 0.25) is 5.02 Å². The van der Waals surface area contributed by atoms with E-state index in [9.17, 15) is 41.0 Å². The molecule has 0 spiro atoms. The van der Waals surface area contributed by atoms with Gasteiger partial charge in [0, 0.05) is 31.9 Å². The number of alkyl halides is 3. The van der Waals surface area contributed by atoms with Crippen LogP contribution in [-0.2, 0) is 4.79 Å². The highest BCUT2D eigenvalue weighted by molar-refractivity contribution is 6.38. The minimum atomic E-state index is -5.08. The van der Waals surface area contributed by atoms with E-state index in [-0.39, 0.29) is 35.9 Å². The Kier molecular flexibility index (Phi) is 9.36. The van der Waals surface area contributed by atoms with Crippen molar-refractivity contribution >= 4 is 45.9 Å². The summed E-state index contributed by atoms with van der Waals surface area (Å²) in [7, 11) is 0. The molecule has 1 aliphatic rings. The number of carbonyl (C=O) groups is 2. The molecule has 2 aromatic heterocycles. The number of halogens is 8. The number of fused-ring (bicyclic) bond motifs is 1. The lowest BCUT2D eigenvalue weighted by atomic mass is 10.0. The van der Waals surface area contributed by atoms with E-state index in [1.54, 1.807) is 0 Å². The van der Waals surface area contributed by atoms with E-state index in [0.29, 0.717) is 24.5 Å². The minimum absolute atomic E-state index is 0.0429. The van der Waals surface area contributed by atoms with Crippen LogP contribution in [0.5, 0.6) is 0 Å². The normalized spacial score (nSPS) is 14.8. The van der Waals surface area contributed by atoms with Crippen LogP contribution in [0, 0.1) is 17.5 Å². The smallest absolute Gasteiger partial charge is 0.477 e. The molecule has 10 nitrogen and oxygen atoms in total. The van der Waals surface area contributed by atoms with Crippen molar-refractivity contribution in [3.63, 3.8) is 0 Å². The third kappa shape index (κ3) is 6.41. The summed E-state index contributed by atoms with van der Waals surface area (Å²) >= 11 is 6.54. The molecular formula is C24H19ClF7N5O5. The number of aliphatic carboxylic acids is 1. The molecule has 42 heavy (non-hydrogen) atoms. The summed E-state index contributed by atoms with van der Waals surface area (Å²) in [6.45, 7) is -0.0959. The number of pyridine rings is 2. The van der Waals surface area contributed by atoms with Crippen molar-refractivity contribution in [1.82, 2.24) is 9.55 Å². The number of carboxylic acids is 2. The number of piperidine rings is 1. The Morgan fingerprint density at radius 3 is 2.26 bits per heavy atom. The first-order valence-electron chi connectivity index (χ1n) is 11.5. The fourth-order valence-corrected chi connectivity index (χ4v) is 4.48. The summed E-state index contributed by atoms with van der Waals surface area (Å²) in [6, 6.07) is 1.20. The zero-order chi connectivity index (χ0) is 31.7. The predicted octanol–water partition coefficient (Wildman–Crippen LogP) is 4.15. The van der Waals surface area contributed by atoms with Crippen LogP contribution >= 0.6 is 11.6 Å². The Balaban J connectivity index is 0.000000616. The molecule has 0 aliphatic carbocycles. The maximum atomic E-state index is 15.3. The number of aromatic nitrogens is 2. The number of anilines is 2. The average Bonchev–Trinajstić information content (AvgIpc) is 2.90. The number of nitrogens with zero attached hydrogens (tertiary/aromatic N) is 3. The first-order chi connectivity index (χ1) is 19.5. The van der Waals surface area contributed by atoms with Gasteiger partial charge in [-0.1, -0.05) is 11.6 Å². The molecule has 0 radical (unpaired) electrons. The maximum Gasteiger partial charge on any atom is 0.490 e. The van der Waals surface area contributed by atoms with E-state index in [2.05, 4.69) is 4.98 Å². The number of benzene rings is 1. The van der Waals surface area contributed by atoms with Crippen LogP contribution in [0.1, 0.15) is 23.2 Å². The van der Waals surface area contributed by atoms with Gasteiger partial charge in [0.25, 0.3) is 0 Å². The number of carboxylic acid groups (broad SMARTS) is 2. The molecule has 0 bridgehead atoms. The van der Waals surface area contributed by atoms with Crippen LogP contribution in [0.25, 0.3) is 16.7 Å². The van der Waals surface area contributed by atoms with E-state index in [1.807, 2.05) is 0 Å². The van der Waals surface area contributed by atoms with Gasteiger partial charge in [-0.3, -0.25) is 9.36 Å². The molecule has 1 fully saturated rings. The van der Waals surface area contributed by atoms with E-state index in [4.69, 9.17) is 33.0 Å². The Hall–Kier alpha value is -4.38. The van der Waals surface area contributed by atoms with E-state index >= 15 is 4.39 Å². The first kappa shape index (κ1) is 32.1. The van der Waals surface area contributed by atoms with Gasteiger partial charge in [-0.05, 0) is 24.5 Å². The van der Waals surface area contributed by atoms with Gasteiger partial charge in [0.2, 0.25) is 5.43 Å². The SMILES string of the molecule is NCC(F)=C1CCCN(c2c(F)cc3c(=O)c(C(=O)O)cn(-c4nc(N)c(F)cc4F)c3c2Cl)C1.O=C(O)C(F)(F)F. The molecule has 18 heteroatoms.